The topological polar surface area (TPSA) is 17.8 Å². The SMILES string of the molecule is CCCCCCCCCCCC1(CCCn2ccnc2)SCCC(CCCC)S1. The number of unbranched alkanes of at least 4 members (excludes halogenated alkanes) is 9. The normalized spacial score (nSPS) is 22.2. The van der Waals surface area contributed by atoms with Crippen LogP contribution < -0.4 is 0 Å². The summed E-state index contributed by atoms with van der Waals surface area (Å²) in [5, 5.41) is 0.906. The Morgan fingerprint density at radius 2 is 1.59 bits per heavy atom. The van der Waals surface area contributed by atoms with Crippen LogP contribution in [0.3, 0.4) is 0 Å². The number of hydrogen-bond acceptors (Lipinski definition) is 3. The third-order valence-corrected chi connectivity index (χ3v) is 9.92. The standard InChI is InChI=1S/C25H46N2S2/c1-3-5-7-8-9-10-11-12-13-17-25(18-14-20-27-21-19-26-23-27)28-22-16-24(29-25)15-6-4-2/h19,21,23-24H,3-18,20,22H2,1-2H3. The Morgan fingerprint density at radius 1 is 0.897 bits per heavy atom. The van der Waals surface area contributed by atoms with E-state index in [9.17, 15) is 0 Å². The van der Waals surface area contributed by atoms with Gasteiger partial charge in [0.1, 0.15) is 0 Å². The lowest BCUT2D eigenvalue weighted by Crippen LogP contribution is -2.30. The number of thioether (sulfide) groups is 2. The fraction of sp³-hybridized carbons (Fsp3) is 0.880. The minimum Gasteiger partial charge on any atom is -0.337 e. The number of aryl methyl sites for hydroxylation is 1. The fourth-order valence-corrected chi connectivity index (χ4v) is 8.53. The van der Waals surface area contributed by atoms with Crippen molar-refractivity contribution in [2.75, 3.05) is 5.75 Å². The van der Waals surface area contributed by atoms with E-state index < -0.39 is 0 Å². The second-order valence-corrected chi connectivity index (χ2v) is 12.3. The molecule has 1 aliphatic rings. The summed E-state index contributed by atoms with van der Waals surface area (Å²) in [6.07, 6.45) is 28.6. The van der Waals surface area contributed by atoms with E-state index in [0.29, 0.717) is 4.08 Å². The van der Waals surface area contributed by atoms with Crippen molar-refractivity contribution in [2.45, 2.75) is 132 Å². The van der Waals surface area contributed by atoms with Crippen LogP contribution in [0.4, 0.5) is 0 Å². The van der Waals surface area contributed by atoms with Crippen molar-refractivity contribution in [1.29, 1.82) is 0 Å². The van der Waals surface area contributed by atoms with Crippen LogP contribution in [0.2, 0.25) is 0 Å². The molecule has 2 unspecified atom stereocenters. The summed E-state index contributed by atoms with van der Waals surface area (Å²) in [7, 11) is 0. The Morgan fingerprint density at radius 3 is 2.28 bits per heavy atom. The number of aromatic nitrogens is 2. The molecule has 1 aromatic rings. The first kappa shape index (κ1) is 25.2. The van der Waals surface area contributed by atoms with Crippen molar-refractivity contribution in [2.24, 2.45) is 0 Å². The van der Waals surface area contributed by atoms with E-state index in [4.69, 9.17) is 0 Å². The maximum absolute atomic E-state index is 4.20. The lowest BCUT2D eigenvalue weighted by Gasteiger charge is -2.40. The first-order valence-corrected chi connectivity index (χ1v) is 14.4. The molecular weight excluding hydrogens is 392 g/mol. The summed E-state index contributed by atoms with van der Waals surface area (Å²) in [6.45, 7) is 5.77. The highest BCUT2D eigenvalue weighted by Gasteiger charge is 2.36. The molecule has 2 heterocycles. The predicted octanol–water partition coefficient (Wildman–Crippen LogP) is 8.71. The highest BCUT2D eigenvalue weighted by atomic mass is 32.2. The van der Waals surface area contributed by atoms with Crippen molar-refractivity contribution in [1.82, 2.24) is 9.55 Å². The van der Waals surface area contributed by atoms with E-state index in [0.717, 1.165) is 11.8 Å². The summed E-state index contributed by atoms with van der Waals surface area (Å²) < 4.78 is 2.73. The monoisotopic (exact) mass is 438 g/mol. The van der Waals surface area contributed by atoms with E-state index in [1.807, 2.05) is 12.5 Å². The van der Waals surface area contributed by atoms with Crippen LogP contribution in [-0.4, -0.2) is 24.6 Å². The van der Waals surface area contributed by atoms with Gasteiger partial charge >= 0.3 is 0 Å². The van der Waals surface area contributed by atoms with E-state index in [-0.39, 0.29) is 0 Å². The number of nitrogens with zero attached hydrogens (tertiary/aromatic N) is 2. The lowest BCUT2D eigenvalue weighted by molar-refractivity contribution is 0.512. The van der Waals surface area contributed by atoms with E-state index in [1.54, 1.807) is 0 Å². The van der Waals surface area contributed by atoms with Crippen LogP contribution >= 0.6 is 23.5 Å². The number of hydrogen-bond donors (Lipinski definition) is 0. The zero-order chi connectivity index (χ0) is 20.6. The van der Waals surface area contributed by atoms with Crippen LogP contribution in [0.1, 0.15) is 117 Å². The number of imidazole rings is 1. The molecule has 0 aromatic carbocycles. The average molecular weight is 439 g/mol. The molecule has 0 N–H and O–H groups in total. The maximum Gasteiger partial charge on any atom is 0.0945 e. The maximum atomic E-state index is 4.20. The van der Waals surface area contributed by atoms with E-state index >= 15 is 0 Å². The largest absolute Gasteiger partial charge is 0.337 e. The van der Waals surface area contributed by atoms with Crippen molar-refractivity contribution >= 4 is 23.5 Å². The predicted molar refractivity (Wildman–Crippen MR) is 134 cm³/mol. The van der Waals surface area contributed by atoms with Gasteiger partial charge in [0.05, 0.1) is 10.4 Å². The van der Waals surface area contributed by atoms with Crippen molar-refractivity contribution in [3.63, 3.8) is 0 Å². The van der Waals surface area contributed by atoms with Gasteiger partial charge < -0.3 is 4.57 Å². The first-order chi connectivity index (χ1) is 14.3. The smallest absolute Gasteiger partial charge is 0.0945 e. The van der Waals surface area contributed by atoms with E-state index in [2.05, 4.69) is 53.1 Å². The molecule has 1 saturated heterocycles. The summed E-state index contributed by atoms with van der Waals surface area (Å²) >= 11 is 4.67. The molecule has 0 bridgehead atoms. The van der Waals surface area contributed by atoms with Crippen LogP contribution in [0.15, 0.2) is 18.7 Å². The third kappa shape index (κ3) is 10.7. The average Bonchev–Trinajstić information content (AvgIpc) is 3.25. The molecule has 0 spiro atoms. The molecule has 1 aromatic heterocycles. The van der Waals surface area contributed by atoms with Crippen LogP contribution in [0.25, 0.3) is 0 Å². The Hall–Kier alpha value is -0.0900. The number of rotatable bonds is 17. The van der Waals surface area contributed by atoms with Crippen molar-refractivity contribution in [3.05, 3.63) is 18.7 Å². The van der Waals surface area contributed by atoms with Gasteiger partial charge in [-0.25, -0.2) is 4.98 Å². The molecule has 0 radical (unpaired) electrons. The highest BCUT2D eigenvalue weighted by molar-refractivity contribution is 8.19. The molecular formula is C25H46N2S2. The third-order valence-electron chi connectivity index (χ3n) is 6.26. The molecule has 2 atom stereocenters. The molecule has 0 amide bonds. The zero-order valence-electron chi connectivity index (χ0n) is 19.2. The molecule has 0 aliphatic carbocycles. The molecule has 4 heteroatoms. The van der Waals surface area contributed by atoms with Crippen LogP contribution in [0.5, 0.6) is 0 Å². The molecule has 0 saturated carbocycles. The second-order valence-electron chi connectivity index (χ2n) is 8.91. The van der Waals surface area contributed by atoms with Gasteiger partial charge in [-0.2, -0.15) is 0 Å². The fourth-order valence-electron chi connectivity index (χ4n) is 4.45. The summed E-state index contributed by atoms with van der Waals surface area (Å²) in [4.78, 5) is 4.20. The molecule has 2 nitrogen and oxygen atoms in total. The molecule has 168 valence electrons. The second kappa shape index (κ2) is 15.7. The van der Waals surface area contributed by atoms with Gasteiger partial charge in [0.2, 0.25) is 0 Å². The zero-order valence-corrected chi connectivity index (χ0v) is 20.9. The molecule has 29 heavy (non-hydrogen) atoms. The van der Waals surface area contributed by atoms with Crippen LogP contribution in [0, 0.1) is 0 Å². The van der Waals surface area contributed by atoms with Gasteiger partial charge in [-0.3, -0.25) is 0 Å². The minimum absolute atomic E-state index is 0.484. The highest BCUT2D eigenvalue weighted by Crippen LogP contribution is 2.52. The summed E-state index contributed by atoms with van der Waals surface area (Å²) in [5.41, 5.74) is 0. The minimum atomic E-state index is 0.484. The molecule has 2 rings (SSSR count). The quantitative estimate of drug-likeness (QED) is 0.226. The van der Waals surface area contributed by atoms with E-state index in [1.165, 1.54) is 108 Å². The van der Waals surface area contributed by atoms with Crippen molar-refractivity contribution in [3.8, 4) is 0 Å². The van der Waals surface area contributed by atoms with Gasteiger partial charge in [-0.15, -0.1) is 23.5 Å². The van der Waals surface area contributed by atoms with Gasteiger partial charge in [0, 0.05) is 24.2 Å². The van der Waals surface area contributed by atoms with Gasteiger partial charge in [-0.1, -0.05) is 84.5 Å². The van der Waals surface area contributed by atoms with Gasteiger partial charge in [-0.05, 0) is 37.9 Å². The molecule has 1 aliphatic heterocycles. The van der Waals surface area contributed by atoms with Gasteiger partial charge in [0.25, 0.3) is 0 Å². The summed E-state index contributed by atoms with van der Waals surface area (Å²) in [5.74, 6) is 1.38. The van der Waals surface area contributed by atoms with Gasteiger partial charge in [0.15, 0.2) is 0 Å². The summed E-state index contributed by atoms with van der Waals surface area (Å²) in [6, 6.07) is 0. The molecule has 1 fully saturated rings. The lowest BCUT2D eigenvalue weighted by atomic mass is 10.0. The Balaban J connectivity index is 1.72. The Labute approximate surface area is 189 Å². The van der Waals surface area contributed by atoms with Crippen LogP contribution in [-0.2, 0) is 6.54 Å². The first-order valence-electron chi connectivity index (χ1n) is 12.6. The van der Waals surface area contributed by atoms with Crippen molar-refractivity contribution < 1.29 is 0 Å². The Kier molecular flexibility index (Phi) is 13.6. The Bertz CT molecular complexity index is 491.